The number of thioether (sulfide) groups is 1. The minimum Gasteiger partial charge on any atom is -0.481 e. The van der Waals surface area contributed by atoms with Crippen molar-refractivity contribution < 1.29 is 9.90 Å². The van der Waals surface area contributed by atoms with Crippen molar-refractivity contribution in [3.8, 4) is 0 Å². The lowest BCUT2D eigenvalue weighted by Gasteiger charge is -2.17. The van der Waals surface area contributed by atoms with Gasteiger partial charge in [-0.05, 0) is 26.2 Å². The topological polar surface area (TPSA) is 68.0 Å². The van der Waals surface area contributed by atoms with E-state index in [0.29, 0.717) is 12.0 Å². The van der Waals surface area contributed by atoms with E-state index < -0.39 is 5.97 Å². The third-order valence-electron chi connectivity index (χ3n) is 3.37. The van der Waals surface area contributed by atoms with Crippen LogP contribution in [0.2, 0.25) is 0 Å². The minimum atomic E-state index is -0.811. The van der Waals surface area contributed by atoms with E-state index in [2.05, 4.69) is 28.6 Å². The molecule has 106 valence electrons. The number of carbonyl (C=O) groups is 1. The Kier molecular flexibility index (Phi) is 4.85. The largest absolute Gasteiger partial charge is 0.481 e. The summed E-state index contributed by atoms with van der Waals surface area (Å²) in [6.07, 6.45) is 5.80. The standard InChI is InChI=1S/C13H21N3O2S/c1-3-4-5-9(2)16-12(10-6-7-10)14-15-13(16)19-8-11(17)18/h9-10H,3-8H2,1-2H3,(H,17,18). The highest BCUT2D eigenvalue weighted by Crippen LogP contribution is 2.41. The minimum absolute atomic E-state index is 0.0449. The monoisotopic (exact) mass is 283 g/mol. The predicted molar refractivity (Wildman–Crippen MR) is 74.6 cm³/mol. The normalized spacial score (nSPS) is 16.5. The third-order valence-corrected chi connectivity index (χ3v) is 4.30. The van der Waals surface area contributed by atoms with Gasteiger partial charge in [-0.25, -0.2) is 0 Å². The molecular formula is C13H21N3O2S. The summed E-state index contributed by atoms with van der Waals surface area (Å²) in [4.78, 5) is 10.7. The van der Waals surface area contributed by atoms with Gasteiger partial charge in [-0.3, -0.25) is 4.79 Å². The van der Waals surface area contributed by atoms with Gasteiger partial charge in [0.15, 0.2) is 5.16 Å². The summed E-state index contributed by atoms with van der Waals surface area (Å²) < 4.78 is 2.17. The first kappa shape index (κ1) is 14.4. The van der Waals surface area contributed by atoms with Crippen LogP contribution in [0.4, 0.5) is 0 Å². The Morgan fingerprint density at radius 3 is 2.84 bits per heavy atom. The Bertz CT molecular complexity index is 443. The van der Waals surface area contributed by atoms with Gasteiger partial charge in [-0.2, -0.15) is 0 Å². The Balaban J connectivity index is 2.14. The quantitative estimate of drug-likeness (QED) is 0.742. The van der Waals surface area contributed by atoms with Crippen molar-refractivity contribution in [2.45, 2.75) is 63.1 Å². The Labute approximate surface area is 117 Å². The number of carboxylic acid groups (broad SMARTS) is 1. The van der Waals surface area contributed by atoms with Gasteiger partial charge >= 0.3 is 5.97 Å². The number of aliphatic carboxylic acids is 1. The SMILES string of the molecule is CCCCC(C)n1c(SCC(=O)O)nnc1C1CC1. The van der Waals surface area contributed by atoms with Gasteiger partial charge in [0, 0.05) is 12.0 Å². The van der Waals surface area contributed by atoms with Crippen LogP contribution in [0.5, 0.6) is 0 Å². The molecule has 0 amide bonds. The summed E-state index contributed by atoms with van der Waals surface area (Å²) in [6, 6.07) is 0.349. The molecule has 1 N–H and O–H groups in total. The zero-order chi connectivity index (χ0) is 13.8. The van der Waals surface area contributed by atoms with E-state index in [1.165, 1.54) is 37.4 Å². The molecule has 0 aromatic carbocycles. The highest BCUT2D eigenvalue weighted by Gasteiger charge is 2.31. The van der Waals surface area contributed by atoms with Gasteiger partial charge in [0.2, 0.25) is 0 Å². The first-order chi connectivity index (χ1) is 9.13. The summed E-state index contributed by atoms with van der Waals surface area (Å²) in [5.74, 6) is 0.824. The molecule has 1 unspecified atom stereocenters. The molecule has 1 saturated carbocycles. The molecule has 1 aliphatic carbocycles. The van der Waals surface area contributed by atoms with Gasteiger partial charge in [0.05, 0.1) is 5.75 Å². The van der Waals surface area contributed by atoms with Crippen LogP contribution >= 0.6 is 11.8 Å². The number of carboxylic acids is 1. The Morgan fingerprint density at radius 1 is 1.53 bits per heavy atom. The molecule has 0 radical (unpaired) electrons. The molecule has 6 heteroatoms. The van der Waals surface area contributed by atoms with Crippen molar-refractivity contribution >= 4 is 17.7 Å². The van der Waals surface area contributed by atoms with Crippen LogP contribution < -0.4 is 0 Å². The van der Waals surface area contributed by atoms with Gasteiger partial charge < -0.3 is 9.67 Å². The number of hydrogen-bond acceptors (Lipinski definition) is 4. The lowest BCUT2D eigenvalue weighted by Crippen LogP contribution is -2.11. The Hall–Kier alpha value is -1.04. The molecular weight excluding hydrogens is 262 g/mol. The summed E-state index contributed by atoms with van der Waals surface area (Å²) >= 11 is 1.27. The molecule has 1 heterocycles. The van der Waals surface area contributed by atoms with Crippen molar-refractivity contribution in [3.05, 3.63) is 5.82 Å². The molecule has 5 nitrogen and oxygen atoms in total. The van der Waals surface area contributed by atoms with Crippen molar-refractivity contribution in [3.63, 3.8) is 0 Å². The van der Waals surface area contributed by atoms with Crippen LogP contribution in [-0.2, 0) is 4.79 Å². The highest BCUT2D eigenvalue weighted by atomic mass is 32.2. The molecule has 0 bridgehead atoms. The fraction of sp³-hybridized carbons (Fsp3) is 0.769. The highest BCUT2D eigenvalue weighted by molar-refractivity contribution is 7.99. The average Bonchev–Trinajstić information content (AvgIpc) is 3.13. The maximum absolute atomic E-state index is 10.7. The van der Waals surface area contributed by atoms with Crippen LogP contribution in [0.3, 0.4) is 0 Å². The second kappa shape index (κ2) is 6.41. The zero-order valence-electron chi connectivity index (χ0n) is 11.5. The molecule has 2 rings (SSSR count). The first-order valence-corrected chi connectivity index (χ1v) is 7.91. The van der Waals surface area contributed by atoms with Crippen LogP contribution in [0.25, 0.3) is 0 Å². The van der Waals surface area contributed by atoms with Crippen LogP contribution in [0.1, 0.15) is 63.7 Å². The van der Waals surface area contributed by atoms with E-state index in [0.717, 1.165) is 17.4 Å². The molecule has 19 heavy (non-hydrogen) atoms. The van der Waals surface area contributed by atoms with Gasteiger partial charge in [0.25, 0.3) is 0 Å². The lowest BCUT2D eigenvalue weighted by molar-refractivity contribution is -0.133. The van der Waals surface area contributed by atoms with Crippen molar-refractivity contribution in [1.82, 2.24) is 14.8 Å². The van der Waals surface area contributed by atoms with Crippen molar-refractivity contribution in [1.29, 1.82) is 0 Å². The molecule has 0 saturated heterocycles. The molecule has 1 aromatic heterocycles. The van der Waals surface area contributed by atoms with E-state index in [1.807, 2.05) is 0 Å². The molecule has 1 atom stereocenters. The second-order valence-electron chi connectivity index (χ2n) is 5.16. The summed E-state index contributed by atoms with van der Waals surface area (Å²) in [6.45, 7) is 4.36. The second-order valence-corrected chi connectivity index (χ2v) is 6.10. The number of rotatable bonds is 8. The fourth-order valence-electron chi connectivity index (χ4n) is 2.18. The smallest absolute Gasteiger partial charge is 0.313 e. The maximum atomic E-state index is 10.7. The third kappa shape index (κ3) is 3.72. The van der Waals surface area contributed by atoms with Crippen LogP contribution in [-0.4, -0.2) is 31.6 Å². The lowest BCUT2D eigenvalue weighted by atomic mass is 10.1. The number of unbranched alkanes of at least 4 members (excludes halogenated alkanes) is 1. The predicted octanol–water partition coefficient (Wildman–Crippen LogP) is 3.08. The number of nitrogens with zero attached hydrogens (tertiary/aromatic N) is 3. The molecule has 0 spiro atoms. The van der Waals surface area contributed by atoms with Crippen LogP contribution in [0, 0.1) is 0 Å². The van der Waals surface area contributed by atoms with Gasteiger partial charge in [-0.15, -0.1) is 10.2 Å². The summed E-state index contributed by atoms with van der Waals surface area (Å²) in [7, 11) is 0. The Morgan fingerprint density at radius 2 is 2.26 bits per heavy atom. The van der Waals surface area contributed by atoms with E-state index >= 15 is 0 Å². The van der Waals surface area contributed by atoms with E-state index in [-0.39, 0.29) is 5.75 Å². The first-order valence-electron chi connectivity index (χ1n) is 6.92. The fourth-order valence-corrected chi connectivity index (χ4v) is 2.94. The summed E-state index contributed by atoms with van der Waals surface area (Å²) in [5.41, 5.74) is 0. The molecule has 0 aliphatic heterocycles. The molecule has 1 aromatic rings. The van der Waals surface area contributed by atoms with Gasteiger partial charge in [-0.1, -0.05) is 31.5 Å². The number of aromatic nitrogens is 3. The van der Waals surface area contributed by atoms with Crippen molar-refractivity contribution in [2.24, 2.45) is 0 Å². The van der Waals surface area contributed by atoms with Gasteiger partial charge in [0.1, 0.15) is 5.82 Å². The van der Waals surface area contributed by atoms with E-state index in [1.54, 1.807) is 0 Å². The molecule has 1 fully saturated rings. The maximum Gasteiger partial charge on any atom is 0.313 e. The van der Waals surface area contributed by atoms with E-state index in [4.69, 9.17) is 5.11 Å². The number of hydrogen-bond donors (Lipinski definition) is 1. The zero-order valence-corrected chi connectivity index (χ0v) is 12.3. The average molecular weight is 283 g/mol. The van der Waals surface area contributed by atoms with Crippen LogP contribution in [0.15, 0.2) is 5.16 Å². The molecule has 1 aliphatic rings. The summed E-state index contributed by atoms with van der Waals surface area (Å²) in [5, 5.41) is 18.0. The van der Waals surface area contributed by atoms with E-state index in [9.17, 15) is 4.79 Å². The van der Waals surface area contributed by atoms with Crippen molar-refractivity contribution in [2.75, 3.05) is 5.75 Å².